The van der Waals surface area contributed by atoms with Crippen molar-refractivity contribution >= 4 is 22.7 Å². The molecule has 88 valence electrons. The summed E-state index contributed by atoms with van der Waals surface area (Å²) < 4.78 is 26.6. The number of nitrogens with zero attached hydrogens (tertiary/aromatic N) is 1. The lowest BCUT2D eigenvalue weighted by Crippen LogP contribution is -2.21. The second kappa shape index (κ2) is 8.52. The van der Waals surface area contributed by atoms with Crippen LogP contribution in [-0.4, -0.2) is 42.1 Å². The van der Waals surface area contributed by atoms with Crippen LogP contribution in [0.25, 0.3) is 0 Å². The average Bonchev–Trinajstić information content (AvgIpc) is 2.07. The van der Waals surface area contributed by atoms with Gasteiger partial charge in [-0.05, 0) is 26.6 Å². The van der Waals surface area contributed by atoms with Crippen LogP contribution in [0.2, 0.25) is 0 Å². The highest BCUT2D eigenvalue weighted by Gasteiger charge is 2.09. The van der Waals surface area contributed by atoms with Crippen molar-refractivity contribution in [1.82, 2.24) is 4.90 Å². The largest absolute Gasteiger partial charge is 0.304 e. The average molecular weight is 243 g/mol. The third-order valence-electron chi connectivity index (χ3n) is 1.77. The van der Waals surface area contributed by atoms with E-state index < -0.39 is 14.7 Å². The van der Waals surface area contributed by atoms with Crippen LogP contribution in [0.15, 0.2) is 0 Å². The smallest absolute Gasteiger partial charge is 0.276 e. The minimum Gasteiger partial charge on any atom is -0.304 e. The molecule has 0 aliphatic heterocycles. The standard InChI is InChI=1S/C6H15N.C2H6O3S2/c1-4-7(5-2)6-3;1-2(6)7(3,4)5/h4-6H2,1-3H3;2,6H,1H3,(H,3,4,5). The molecule has 1 atom stereocenters. The summed E-state index contributed by atoms with van der Waals surface area (Å²) in [6.45, 7) is 11.4. The molecule has 0 aliphatic carbocycles. The van der Waals surface area contributed by atoms with E-state index in [9.17, 15) is 8.42 Å². The van der Waals surface area contributed by atoms with E-state index in [-0.39, 0.29) is 0 Å². The van der Waals surface area contributed by atoms with Gasteiger partial charge in [0, 0.05) is 0 Å². The van der Waals surface area contributed by atoms with E-state index >= 15 is 0 Å². The predicted molar refractivity (Wildman–Crippen MR) is 63.5 cm³/mol. The zero-order chi connectivity index (χ0) is 11.8. The van der Waals surface area contributed by atoms with Crippen molar-refractivity contribution < 1.29 is 13.0 Å². The Hall–Kier alpha value is 0.220. The molecule has 0 rings (SSSR count). The summed E-state index contributed by atoms with van der Waals surface area (Å²) in [6.07, 6.45) is 0. The van der Waals surface area contributed by atoms with Gasteiger partial charge in [-0.2, -0.15) is 21.0 Å². The van der Waals surface area contributed by atoms with Crippen LogP contribution in [0.4, 0.5) is 0 Å². The molecule has 14 heavy (non-hydrogen) atoms. The molecular formula is C8H21NO3S2. The summed E-state index contributed by atoms with van der Waals surface area (Å²) in [5, 5.41) is 0. The molecule has 0 saturated heterocycles. The Balaban J connectivity index is 0. The van der Waals surface area contributed by atoms with Crippen LogP contribution < -0.4 is 0 Å². The summed E-state index contributed by atoms with van der Waals surface area (Å²) >= 11 is 3.44. The molecule has 0 spiro atoms. The molecule has 0 amide bonds. The van der Waals surface area contributed by atoms with Crippen LogP contribution >= 0.6 is 12.6 Å². The van der Waals surface area contributed by atoms with Gasteiger partial charge in [-0.1, -0.05) is 20.8 Å². The zero-order valence-corrected chi connectivity index (χ0v) is 11.0. The Morgan fingerprint density at radius 1 is 1.21 bits per heavy atom. The molecule has 1 unspecified atom stereocenters. The lowest BCUT2D eigenvalue weighted by molar-refractivity contribution is 0.321. The molecule has 0 aliphatic rings. The van der Waals surface area contributed by atoms with Gasteiger partial charge in [-0.15, -0.1) is 0 Å². The van der Waals surface area contributed by atoms with Crippen LogP contribution in [0.1, 0.15) is 27.7 Å². The number of rotatable bonds is 4. The number of hydrogen-bond acceptors (Lipinski definition) is 4. The molecule has 0 aromatic rings. The molecule has 4 nitrogen and oxygen atoms in total. The molecular weight excluding hydrogens is 222 g/mol. The van der Waals surface area contributed by atoms with E-state index in [2.05, 4.69) is 38.3 Å². The van der Waals surface area contributed by atoms with Gasteiger partial charge in [-0.3, -0.25) is 4.55 Å². The summed E-state index contributed by atoms with van der Waals surface area (Å²) in [4.78, 5) is 2.38. The predicted octanol–water partition coefficient (Wildman–Crippen LogP) is 1.50. The minimum absolute atomic E-state index is 0.979. The maximum Gasteiger partial charge on any atom is 0.276 e. The summed E-state index contributed by atoms with van der Waals surface area (Å²) in [6, 6.07) is 0. The zero-order valence-electron chi connectivity index (χ0n) is 9.27. The van der Waals surface area contributed by atoms with Gasteiger partial charge < -0.3 is 4.90 Å². The van der Waals surface area contributed by atoms with Crippen LogP contribution in [0.3, 0.4) is 0 Å². The normalized spacial score (nSPS) is 13.4. The number of hydrogen-bond donors (Lipinski definition) is 2. The lowest BCUT2D eigenvalue weighted by Gasteiger charge is -2.13. The number of thiol groups is 1. The Labute approximate surface area is 92.8 Å². The van der Waals surface area contributed by atoms with Gasteiger partial charge in [-0.25, -0.2) is 0 Å². The fraction of sp³-hybridized carbons (Fsp3) is 1.00. The maximum atomic E-state index is 9.81. The molecule has 0 radical (unpaired) electrons. The third kappa shape index (κ3) is 10.3. The quantitative estimate of drug-likeness (QED) is 0.580. The molecule has 0 heterocycles. The van der Waals surface area contributed by atoms with Gasteiger partial charge in [0.2, 0.25) is 0 Å². The Bertz CT molecular complexity index is 205. The Morgan fingerprint density at radius 2 is 1.43 bits per heavy atom. The fourth-order valence-corrected chi connectivity index (χ4v) is 0.671. The highest BCUT2D eigenvalue weighted by molar-refractivity contribution is 8.01. The first-order valence-electron chi connectivity index (χ1n) is 4.66. The molecule has 0 fully saturated rings. The second-order valence-electron chi connectivity index (χ2n) is 2.73. The SMILES string of the molecule is CC(S)S(=O)(=O)O.CCN(CC)CC. The molecule has 1 N–H and O–H groups in total. The van der Waals surface area contributed by atoms with Gasteiger partial charge in [0.25, 0.3) is 10.1 Å². The Kier molecular flexibility index (Phi) is 10.1. The highest BCUT2D eigenvalue weighted by atomic mass is 32.3. The van der Waals surface area contributed by atoms with E-state index in [1.165, 1.54) is 26.6 Å². The first kappa shape index (κ1) is 16.6. The monoisotopic (exact) mass is 243 g/mol. The van der Waals surface area contributed by atoms with Crippen molar-refractivity contribution in [3.63, 3.8) is 0 Å². The molecule has 0 bridgehead atoms. The summed E-state index contributed by atoms with van der Waals surface area (Å²) in [5.74, 6) is 0. The van der Waals surface area contributed by atoms with E-state index in [1.54, 1.807) is 0 Å². The highest BCUT2D eigenvalue weighted by Crippen LogP contribution is 1.99. The summed E-state index contributed by atoms with van der Waals surface area (Å²) in [5.41, 5.74) is 0. The van der Waals surface area contributed by atoms with Crippen LogP contribution in [0.5, 0.6) is 0 Å². The van der Waals surface area contributed by atoms with E-state index in [1.807, 2.05) is 0 Å². The van der Waals surface area contributed by atoms with Crippen molar-refractivity contribution in [2.24, 2.45) is 0 Å². The topological polar surface area (TPSA) is 57.6 Å². The van der Waals surface area contributed by atoms with Crippen molar-refractivity contribution in [3.8, 4) is 0 Å². The van der Waals surface area contributed by atoms with Gasteiger partial charge in [0.15, 0.2) is 0 Å². The van der Waals surface area contributed by atoms with Gasteiger partial charge in [0.05, 0.1) is 0 Å². The fourth-order valence-electron chi connectivity index (χ4n) is 0.671. The van der Waals surface area contributed by atoms with Crippen LogP contribution in [-0.2, 0) is 10.1 Å². The van der Waals surface area contributed by atoms with Gasteiger partial charge >= 0.3 is 0 Å². The van der Waals surface area contributed by atoms with Crippen LogP contribution in [0, 0.1) is 0 Å². The van der Waals surface area contributed by atoms with Crippen molar-refractivity contribution in [1.29, 1.82) is 0 Å². The van der Waals surface area contributed by atoms with Gasteiger partial charge in [0.1, 0.15) is 4.58 Å². The van der Waals surface area contributed by atoms with E-state index in [0.717, 1.165) is 0 Å². The summed E-state index contributed by atoms with van der Waals surface area (Å²) in [7, 11) is -3.88. The molecule has 0 aromatic carbocycles. The van der Waals surface area contributed by atoms with E-state index in [0.29, 0.717) is 0 Å². The third-order valence-corrected chi connectivity index (χ3v) is 3.43. The first-order valence-corrected chi connectivity index (χ1v) is 6.68. The van der Waals surface area contributed by atoms with E-state index in [4.69, 9.17) is 4.55 Å². The minimum atomic E-state index is -3.88. The lowest BCUT2D eigenvalue weighted by atomic mass is 10.5. The van der Waals surface area contributed by atoms with Crippen molar-refractivity contribution in [2.75, 3.05) is 19.6 Å². The molecule has 0 aromatic heterocycles. The molecule has 6 heteroatoms. The molecule has 0 saturated carbocycles. The maximum absolute atomic E-state index is 9.81. The second-order valence-corrected chi connectivity index (χ2v) is 5.59. The Morgan fingerprint density at radius 3 is 1.43 bits per heavy atom. The van der Waals surface area contributed by atoms with Crippen molar-refractivity contribution in [3.05, 3.63) is 0 Å². The van der Waals surface area contributed by atoms with Crippen molar-refractivity contribution in [2.45, 2.75) is 32.3 Å². The first-order chi connectivity index (χ1) is 6.29.